The van der Waals surface area contributed by atoms with Gasteiger partial charge in [-0.1, -0.05) is 20.8 Å². The van der Waals surface area contributed by atoms with Crippen molar-refractivity contribution >= 4 is 5.97 Å². The van der Waals surface area contributed by atoms with Crippen molar-refractivity contribution in [2.75, 3.05) is 0 Å². The number of carboxylic acids is 1. The largest absolute Gasteiger partial charge is 0.479 e. The molecule has 15 heavy (non-hydrogen) atoms. The lowest BCUT2D eigenvalue weighted by atomic mass is 9.64. The van der Waals surface area contributed by atoms with Gasteiger partial charge in [0.05, 0.1) is 0 Å². The van der Waals surface area contributed by atoms with Crippen molar-refractivity contribution in [1.29, 1.82) is 0 Å². The van der Waals surface area contributed by atoms with Crippen LogP contribution in [0.1, 0.15) is 47.0 Å². The van der Waals surface area contributed by atoms with Crippen LogP contribution in [-0.2, 0) is 4.79 Å². The molecule has 3 unspecified atom stereocenters. The predicted molar refractivity (Wildman–Crippen MR) is 58.5 cm³/mol. The topological polar surface area (TPSA) is 57.5 Å². The van der Waals surface area contributed by atoms with Crippen LogP contribution in [-0.4, -0.2) is 21.8 Å². The Morgan fingerprint density at radius 2 is 1.93 bits per heavy atom. The van der Waals surface area contributed by atoms with Crippen molar-refractivity contribution in [1.82, 2.24) is 0 Å². The Morgan fingerprint density at radius 3 is 2.33 bits per heavy atom. The van der Waals surface area contributed by atoms with Crippen LogP contribution in [0.5, 0.6) is 0 Å². The molecule has 2 N–H and O–H groups in total. The van der Waals surface area contributed by atoms with Crippen molar-refractivity contribution in [3.05, 3.63) is 0 Å². The summed E-state index contributed by atoms with van der Waals surface area (Å²) in [6, 6.07) is 0. The van der Waals surface area contributed by atoms with E-state index in [1.807, 2.05) is 0 Å². The highest BCUT2D eigenvalue weighted by Crippen LogP contribution is 2.45. The van der Waals surface area contributed by atoms with Gasteiger partial charge in [-0.2, -0.15) is 0 Å². The molecule has 1 saturated carbocycles. The van der Waals surface area contributed by atoms with Gasteiger partial charge >= 0.3 is 5.97 Å². The van der Waals surface area contributed by atoms with Gasteiger partial charge in [0.15, 0.2) is 5.60 Å². The van der Waals surface area contributed by atoms with Gasteiger partial charge in [0.2, 0.25) is 0 Å². The second-order valence-electron chi connectivity index (χ2n) is 6.06. The summed E-state index contributed by atoms with van der Waals surface area (Å²) in [5.41, 5.74) is -1.44. The maximum atomic E-state index is 11.0. The summed E-state index contributed by atoms with van der Waals surface area (Å²) in [7, 11) is 0. The molecule has 0 amide bonds. The zero-order valence-corrected chi connectivity index (χ0v) is 10.1. The van der Waals surface area contributed by atoms with Crippen LogP contribution in [0.3, 0.4) is 0 Å². The Morgan fingerprint density at radius 1 is 1.40 bits per heavy atom. The minimum Gasteiger partial charge on any atom is -0.479 e. The molecule has 3 heteroatoms. The second-order valence-corrected chi connectivity index (χ2v) is 6.06. The molecule has 0 saturated heterocycles. The van der Waals surface area contributed by atoms with Gasteiger partial charge in [0, 0.05) is 0 Å². The van der Waals surface area contributed by atoms with Crippen LogP contribution in [0, 0.1) is 17.3 Å². The second kappa shape index (κ2) is 3.78. The highest BCUT2D eigenvalue weighted by Gasteiger charge is 2.45. The fraction of sp³-hybridized carbons (Fsp3) is 0.917. The molecular formula is C12H22O3. The van der Waals surface area contributed by atoms with Crippen molar-refractivity contribution in [2.45, 2.75) is 52.6 Å². The summed E-state index contributed by atoms with van der Waals surface area (Å²) in [5.74, 6) is -0.740. The summed E-state index contributed by atoms with van der Waals surface area (Å²) in [6.45, 7) is 7.85. The molecule has 3 atom stereocenters. The SMILES string of the molecule is CC1CC(C(C)(O)C(=O)O)CC(C)(C)C1. The number of rotatable bonds is 2. The van der Waals surface area contributed by atoms with Crippen LogP contribution in [0.25, 0.3) is 0 Å². The minimum absolute atomic E-state index is 0.131. The van der Waals surface area contributed by atoms with E-state index >= 15 is 0 Å². The number of aliphatic hydroxyl groups is 1. The molecule has 0 radical (unpaired) electrons. The van der Waals surface area contributed by atoms with E-state index in [1.165, 1.54) is 6.92 Å². The monoisotopic (exact) mass is 214 g/mol. The van der Waals surface area contributed by atoms with E-state index in [4.69, 9.17) is 5.11 Å². The molecule has 3 nitrogen and oxygen atoms in total. The average molecular weight is 214 g/mol. The van der Waals surface area contributed by atoms with Crippen LogP contribution in [0.4, 0.5) is 0 Å². The first-order chi connectivity index (χ1) is 6.65. The first-order valence-corrected chi connectivity index (χ1v) is 5.61. The quantitative estimate of drug-likeness (QED) is 0.741. The first-order valence-electron chi connectivity index (χ1n) is 5.61. The molecule has 0 aromatic carbocycles. The highest BCUT2D eigenvalue weighted by atomic mass is 16.4. The number of carbonyl (C=O) groups is 1. The van der Waals surface area contributed by atoms with Crippen LogP contribution in [0.2, 0.25) is 0 Å². The molecule has 0 aliphatic heterocycles. The number of hydrogen-bond acceptors (Lipinski definition) is 2. The fourth-order valence-corrected chi connectivity index (χ4v) is 2.95. The molecule has 1 aliphatic rings. The van der Waals surface area contributed by atoms with Gasteiger partial charge in [0.1, 0.15) is 0 Å². The van der Waals surface area contributed by atoms with E-state index in [2.05, 4.69) is 20.8 Å². The van der Waals surface area contributed by atoms with Gasteiger partial charge in [-0.25, -0.2) is 4.79 Å². The van der Waals surface area contributed by atoms with E-state index < -0.39 is 11.6 Å². The molecule has 0 spiro atoms. The van der Waals surface area contributed by atoms with E-state index in [-0.39, 0.29) is 11.3 Å². The summed E-state index contributed by atoms with van der Waals surface area (Å²) in [4.78, 5) is 11.0. The van der Waals surface area contributed by atoms with E-state index in [9.17, 15) is 9.90 Å². The third-order valence-electron chi connectivity index (χ3n) is 3.61. The molecule has 0 bridgehead atoms. The van der Waals surface area contributed by atoms with Gasteiger partial charge in [-0.3, -0.25) is 0 Å². The molecule has 1 fully saturated rings. The van der Waals surface area contributed by atoms with Crippen molar-refractivity contribution in [3.8, 4) is 0 Å². The highest BCUT2D eigenvalue weighted by molar-refractivity contribution is 5.77. The first kappa shape index (κ1) is 12.5. The Kier molecular flexibility index (Phi) is 3.15. The van der Waals surface area contributed by atoms with Gasteiger partial charge < -0.3 is 10.2 Å². The number of carboxylic acid groups (broad SMARTS) is 1. The summed E-state index contributed by atoms with van der Waals surface area (Å²) in [5, 5.41) is 19.0. The summed E-state index contributed by atoms with van der Waals surface area (Å²) in [6.07, 6.45) is 2.71. The van der Waals surface area contributed by atoms with Crippen LogP contribution >= 0.6 is 0 Å². The lowest BCUT2D eigenvalue weighted by molar-refractivity contribution is -0.166. The van der Waals surface area contributed by atoms with Gasteiger partial charge in [-0.05, 0) is 43.4 Å². The maximum absolute atomic E-state index is 11.0. The fourth-order valence-electron chi connectivity index (χ4n) is 2.95. The molecule has 1 rings (SSSR count). The lowest BCUT2D eigenvalue weighted by Gasteiger charge is -2.43. The smallest absolute Gasteiger partial charge is 0.335 e. The van der Waals surface area contributed by atoms with Crippen molar-refractivity contribution in [2.24, 2.45) is 17.3 Å². The number of aliphatic carboxylic acids is 1. The Hall–Kier alpha value is -0.570. The number of hydrogen-bond donors (Lipinski definition) is 2. The molecule has 0 aromatic heterocycles. The Bertz CT molecular complexity index is 256. The molecular weight excluding hydrogens is 192 g/mol. The zero-order chi connectivity index (χ0) is 11.9. The minimum atomic E-state index is -1.58. The van der Waals surface area contributed by atoms with Crippen LogP contribution in [0.15, 0.2) is 0 Å². The summed E-state index contributed by atoms with van der Waals surface area (Å²) >= 11 is 0. The van der Waals surface area contributed by atoms with E-state index in [0.29, 0.717) is 5.92 Å². The lowest BCUT2D eigenvalue weighted by Crippen LogP contribution is -2.47. The molecule has 88 valence electrons. The Labute approximate surface area is 91.5 Å². The Balaban J connectivity index is 2.83. The van der Waals surface area contributed by atoms with E-state index in [1.54, 1.807) is 0 Å². The predicted octanol–water partition coefficient (Wildman–Crippen LogP) is 2.28. The van der Waals surface area contributed by atoms with Crippen LogP contribution < -0.4 is 0 Å². The van der Waals surface area contributed by atoms with Crippen molar-refractivity contribution in [3.63, 3.8) is 0 Å². The standard InChI is InChI=1S/C12H22O3/c1-8-5-9(7-11(2,3)6-8)12(4,15)10(13)14/h8-9,15H,5-7H2,1-4H3,(H,13,14). The summed E-state index contributed by atoms with van der Waals surface area (Å²) < 4.78 is 0. The van der Waals surface area contributed by atoms with Gasteiger partial charge in [-0.15, -0.1) is 0 Å². The zero-order valence-electron chi connectivity index (χ0n) is 10.1. The van der Waals surface area contributed by atoms with Gasteiger partial charge in [0.25, 0.3) is 0 Å². The van der Waals surface area contributed by atoms with Crippen molar-refractivity contribution < 1.29 is 15.0 Å². The molecule has 1 aliphatic carbocycles. The maximum Gasteiger partial charge on any atom is 0.335 e. The normalized spacial score (nSPS) is 34.5. The average Bonchev–Trinajstić information content (AvgIpc) is 1.99. The third kappa shape index (κ3) is 2.71. The molecule has 0 aromatic rings. The van der Waals surface area contributed by atoms with E-state index in [0.717, 1.165) is 19.3 Å². The molecule has 0 heterocycles. The third-order valence-corrected chi connectivity index (χ3v) is 3.61.